The van der Waals surface area contributed by atoms with Gasteiger partial charge in [-0.15, -0.1) is 0 Å². The van der Waals surface area contributed by atoms with E-state index in [-0.39, 0.29) is 11.3 Å². The molecule has 0 aliphatic heterocycles. The Morgan fingerprint density at radius 1 is 1.45 bits per heavy atom. The molecule has 2 atom stereocenters. The Hall–Kier alpha value is -1.27. The fourth-order valence-corrected chi connectivity index (χ4v) is 2.97. The number of carboxylic acids is 1. The van der Waals surface area contributed by atoms with Crippen molar-refractivity contribution < 1.29 is 15.0 Å². The van der Waals surface area contributed by atoms with E-state index in [1.54, 1.807) is 0 Å². The summed E-state index contributed by atoms with van der Waals surface area (Å²) in [7, 11) is 0. The summed E-state index contributed by atoms with van der Waals surface area (Å²) < 4.78 is 0. The summed E-state index contributed by atoms with van der Waals surface area (Å²) in [6.45, 7) is 8.09. The molecule has 0 amide bonds. The molecular formula is C17H26O3. The van der Waals surface area contributed by atoms with Crippen molar-refractivity contribution in [2.45, 2.75) is 65.4 Å². The zero-order valence-electron chi connectivity index (χ0n) is 13.0. The van der Waals surface area contributed by atoms with Crippen LogP contribution in [0.15, 0.2) is 11.6 Å². The van der Waals surface area contributed by atoms with Gasteiger partial charge in [-0.1, -0.05) is 52.4 Å². The molecule has 0 heterocycles. The van der Waals surface area contributed by atoms with E-state index in [1.807, 2.05) is 27.7 Å². The summed E-state index contributed by atoms with van der Waals surface area (Å²) in [6.07, 6.45) is 5.62. The van der Waals surface area contributed by atoms with Gasteiger partial charge in [-0.05, 0) is 25.2 Å². The van der Waals surface area contributed by atoms with Crippen LogP contribution < -0.4 is 0 Å². The molecule has 0 aromatic rings. The van der Waals surface area contributed by atoms with Gasteiger partial charge in [-0.25, -0.2) is 4.79 Å². The van der Waals surface area contributed by atoms with E-state index in [2.05, 4.69) is 11.8 Å². The first kappa shape index (κ1) is 16.8. The van der Waals surface area contributed by atoms with Crippen LogP contribution >= 0.6 is 0 Å². The van der Waals surface area contributed by atoms with Gasteiger partial charge in [-0.3, -0.25) is 0 Å². The van der Waals surface area contributed by atoms with Gasteiger partial charge >= 0.3 is 5.97 Å². The number of hydrogen-bond acceptors (Lipinski definition) is 2. The van der Waals surface area contributed by atoms with Crippen LogP contribution in [0.3, 0.4) is 0 Å². The molecule has 0 radical (unpaired) electrons. The van der Waals surface area contributed by atoms with Crippen LogP contribution in [0.25, 0.3) is 0 Å². The molecule has 1 rings (SSSR count). The molecule has 1 aliphatic rings. The maximum atomic E-state index is 11.0. The van der Waals surface area contributed by atoms with Gasteiger partial charge in [0.1, 0.15) is 5.60 Å². The number of aliphatic hydroxyl groups is 1. The average Bonchev–Trinajstić information content (AvgIpc) is 2.33. The summed E-state index contributed by atoms with van der Waals surface area (Å²) in [5.41, 5.74) is -0.726. The topological polar surface area (TPSA) is 57.5 Å². The lowest BCUT2D eigenvalue weighted by Gasteiger charge is -2.47. The van der Waals surface area contributed by atoms with Crippen molar-refractivity contribution in [3.8, 4) is 11.8 Å². The quantitative estimate of drug-likeness (QED) is 0.614. The fourth-order valence-electron chi connectivity index (χ4n) is 2.97. The highest BCUT2D eigenvalue weighted by molar-refractivity contribution is 5.81. The molecule has 1 fully saturated rings. The van der Waals surface area contributed by atoms with E-state index in [0.29, 0.717) is 12.0 Å². The maximum absolute atomic E-state index is 11.0. The van der Waals surface area contributed by atoms with E-state index in [0.717, 1.165) is 31.8 Å². The van der Waals surface area contributed by atoms with E-state index in [9.17, 15) is 9.90 Å². The predicted octanol–water partition coefficient (Wildman–Crippen LogP) is 3.38. The first-order valence-corrected chi connectivity index (χ1v) is 7.42. The number of rotatable bonds is 3. The Morgan fingerprint density at radius 3 is 2.60 bits per heavy atom. The molecule has 0 saturated heterocycles. The highest BCUT2D eigenvalue weighted by Gasteiger charge is 2.48. The molecule has 0 bridgehead atoms. The molecular weight excluding hydrogens is 252 g/mol. The van der Waals surface area contributed by atoms with Crippen molar-refractivity contribution in [3.05, 3.63) is 11.6 Å². The second-order valence-electron chi connectivity index (χ2n) is 6.45. The second kappa shape index (κ2) is 6.45. The van der Waals surface area contributed by atoms with Crippen molar-refractivity contribution in [3.63, 3.8) is 0 Å². The van der Waals surface area contributed by atoms with Crippen LogP contribution in [0.2, 0.25) is 0 Å². The predicted molar refractivity (Wildman–Crippen MR) is 80.1 cm³/mol. The summed E-state index contributed by atoms with van der Waals surface area (Å²) in [5.74, 6) is 5.05. The minimum Gasteiger partial charge on any atom is -0.478 e. The van der Waals surface area contributed by atoms with E-state index in [4.69, 9.17) is 5.11 Å². The summed E-state index contributed by atoms with van der Waals surface area (Å²) in [5, 5.41) is 19.8. The number of allylic oxidation sites excluding steroid dienone is 1. The van der Waals surface area contributed by atoms with Crippen LogP contribution in [0.5, 0.6) is 0 Å². The largest absolute Gasteiger partial charge is 0.478 e. The Bertz CT molecular complexity index is 451. The molecule has 0 spiro atoms. The molecule has 0 aromatic heterocycles. The third kappa shape index (κ3) is 3.64. The number of carboxylic acid groups (broad SMARTS) is 1. The fraction of sp³-hybridized carbons (Fsp3) is 0.706. The second-order valence-corrected chi connectivity index (χ2v) is 6.45. The molecule has 112 valence electrons. The number of carbonyl (C=O) groups is 1. The van der Waals surface area contributed by atoms with E-state index in [1.165, 1.54) is 0 Å². The third-order valence-corrected chi connectivity index (χ3v) is 4.41. The monoisotopic (exact) mass is 278 g/mol. The van der Waals surface area contributed by atoms with Crippen LogP contribution in [0.4, 0.5) is 0 Å². The molecule has 1 aliphatic carbocycles. The standard InChI is InChI=1S/C17H26O3/c1-5-7-14(12-15(18)19)9-11-17(20)13(2)8-6-10-16(17,3)4/h12-13,20H,5-8,10H2,1-4H3,(H,18,19)/b14-12-. The molecule has 20 heavy (non-hydrogen) atoms. The lowest BCUT2D eigenvalue weighted by molar-refractivity contribution is -0.131. The third-order valence-electron chi connectivity index (χ3n) is 4.41. The van der Waals surface area contributed by atoms with Gasteiger partial charge in [0, 0.05) is 17.1 Å². The van der Waals surface area contributed by atoms with Gasteiger partial charge < -0.3 is 10.2 Å². The first-order valence-electron chi connectivity index (χ1n) is 7.42. The summed E-state index contributed by atoms with van der Waals surface area (Å²) in [6, 6.07) is 0. The minimum absolute atomic E-state index is 0.103. The van der Waals surface area contributed by atoms with Crippen molar-refractivity contribution in [1.82, 2.24) is 0 Å². The normalized spacial score (nSPS) is 29.4. The van der Waals surface area contributed by atoms with Crippen molar-refractivity contribution in [1.29, 1.82) is 0 Å². The van der Waals surface area contributed by atoms with Crippen molar-refractivity contribution in [2.75, 3.05) is 0 Å². The van der Waals surface area contributed by atoms with Gasteiger partial charge in [-0.2, -0.15) is 0 Å². The SMILES string of the molecule is CCC/C(C#CC1(O)C(C)CCCC1(C)C)=C/C(=O)O. The Labute approximate surface area is 122 Å². The molecule has 0 aromatic carbocycles. The average molecular weight is 278 g/mol. The van der Waals surface area contributed by atoms with E-state index < -0.39 is 11.6 Å². The minimum atomic E-state index is -1.05. The molecule has 2 N–H and O–H groups in total. The molecule has 3 nitrogen and oxygen atoms in total. The van der Waals surface area contributed by atoms with Crippen LogP contribution in [0, 0.1) is 23.2 Å². The van der Waals surface area contributed by atoms with Crippen molar-refractivity contribution >= 4 is 5.97 Å². The van der Waals surface area contributed by atoms with Crippen LogP contribution in [0.1, 0.15) is 59.8 Å². The van der Waals surface area contributed by atoms with Gasteiger partial charge in [0.25, 0.3) is 0 Å². The van der Waals surface area contributed by atoms with Gasteiger partial charge in [0.2, 0.25) is 0 Å². The lowest BCUT2D eigenvalue weighted by atomic mass is 9.61. The smallest absolute Gasteiger partial charge is 0.329 e. The number of hydrogen-bond donors (Lipinski definition) is 2. The molecule has 1 saturated carbocycles. The molecule has 2 unspecified atom stereocenters. The zero-order chi connectivity index (χ0) is 15.4. The van der Waals surface area contributed by atoms with Gasteiger partial charge in [0.05, 0.1) is 0 Å². The van der Waals surface area contributed by atoms with E-state index >= 15 is 0 Å². The van der Waals surface area contributed by atoms with Crippen LogP contribution in [-0.2, 0) is 4.79 Å². The lowest BCUT2D eigenvalue weighted by Crippen LogP contribution is -2.51. The Morgan fingerprint density at radius 2 is 2.10 bits per heavy atom. The first-order chi connectivity index (χ1) is 9.23. The summed E-state index contributed by atoms with van der Waals surface area (Å²) >= 11 is 0. The summed E-state index contributed by atoms with van der Waals surface area (Å²) in [4.78, 5) is 10.8. The maximum Gasteiger partial charge on any atom is 0.329 e. The highest BCUT2D eigenvalue weighted by Crippen LogP contribution is 2.46. The highest BCUT2D eigenvalue weighted by atomic mass is 16.4. The Balaban J connectivity index is 3.10. The van der Waals surface area contributed by atoms with Gasteiger partial charge in [0.15, 0.2) is 0 Å². The number of aliphatic carboxylic acids is 1. The van der Waals surface area contributed by atoms with Crippen LogP contribution in [-0.4, -0.2) is 21.8 Å². The Kier molecular flexibility index (Phi) is 5.42. The zero-order valence-corrected chi connectivity index (χ0v) is 13.0. The van der Waals surface area contributed by atoms with Crippen molar-refractivity contribution in [2.24, 2.45) is 11.3 Å². The molecule has 3 heteroatoms.